The van der Waals surface area contributed by atoms with Crippen LogP contribution in [0.3, 0.4) is 0 Å². The van der Waals surface area contributed by atoms with E-state index in [0.29, 0.717) is 5.56 Å². The molecule has 1 heterocycles. The minimum absolute atomic E-state index is 0.0813. The first-order chi connectivity index (χ1) is 12.9. The van der Waals surface area contributed by atoms with Crippen molar-refractivity contribution in [2.75, 3.05) is 5.32 Å². The summed E-state index contributed by atoms with van der Waals surface area (Å²) in [6.07, 6.45) is 4.71. The highest BCUT2D eigenvalue weighted by atomic mass is 16.4. The van der Waals surface area contributed by atoms with Gasteiger partial charge in [-0.05, 0) is 35.9 Å². The summed E-state index contributed by atoms with van der Waals surface area (Å²) >= 11 is 0. The molecule has 134 valence electrons. The normalized spacial score (nSPS) is 10.2. The van der Waals surface area contributed by atoms with Gasteiger partial charge in [0.2, 0.25) is 0 Å². The zero-order chi connectivity index (χ0) is 19.4. The Morgan fingerprint density at radius 3 is 1.81 bits per heavy atom. The van der Waals surface area contributed by atoms with Crippen LogP contribution in [0.15, 0.2) is 61.2 Å². The van der Waals surface area contributed by atoms with E-state index in [-0.39, 0.29) is 16.8 Å². The average molecular weight is 363 g/mol. The van der Waals surface area contributed by atoms with Crippen LogP contribution in [0.1, 0.15) is 31.1 Å². The van der Waals surface area contributed by atoms with Crippen molar-refractivity contribution in [3.05, 3.63) is 77.9 Å². The topological polar surface area (TPSA) is 129 Å². The predicted molar refractivity (Wildman–Crippen MR) is 95.8 cm³/mol. The van der Waals surface area contributed by atoms with Gasteiger partial charge in [-0.15, -0.1) is 0 Å². The van der Waals surface area contributed by atoms with Crippen LogP contribution in [-0.2, 0) is 0 Å². The van der Waals surface area contributed by atoms with E-state index in [9.17, 15) is 14.4 Å². The van der Waals surface area contributed by atoms with E-state index in [1.807, 2.05) is 0 Å². The third kappa shape index (κ3) is 4.13. The fourth-order valence-corrected chi connectivity index (χ4v) is 2.41. The third-order valence-electron chi connectivity index (χ3n) is 3.73. The van der Waals surface area contributed by atoms with E-state index in [2.05, 4.69) is 15.3 Å². The molecule has 0 saturated carbocycles. The predicted octanol–water partition coefficient (Wildman–Crippen LogP) is 2.79. The molecule has 1 aromatic heterocycles. The molecule has 8 nitrogen and oxygen atoms in total. The lowest BCUT2D eigenvalue weighted by atomic mass is 10.1. The fourth-order valence-electron chi connectivity index (χ4n) is 2.41. The van der Waals surface area contributed by atoms with Gasteiger partial charge in [0.25, 0.3) is 5.91 Å². The fraction of sp³-hybridized carbons (Fsp3) is 0. The van der Waals surface area contributed by atoms with Gasteiger partial charge in [0.05, 0.1) is 11.1 Å². The number of anilines is 1. The Morgan fingerprint density at radius 2 is 1.30 bits per heavy atom. The van der Waals surface area contributed by atoms with Gasteiger partial charge in [-0.3, -0.25) is 4.79 Å². The highest BCUT2D eigenvalue weighted by Gasteiger charge is 2.14. The number of rotatable bonds is 5. The quantitative estimate of drug-likeness (QED) is 0.635. The van der Waals surface area contributed by atoms with E-state index >= 15 is 0 Å². The monoisotopic (exact) mass is 363 g/mol. The molecule has 2 aromatic carbocycles. The van der Waals surface area contributed by atoms with Gasteiger partial charge in [-0.2, -0.15) is 0 Å². The zero-order valence-corrected chi connectivity index (χ0v) is 13.8. The van der Waals surface area contributed by atoms with Crippen LogP contribution >= 0.6 is 0 Å². The second-order valence-corrected chi connectivity index (χ2v) is 5.57. The van der Waals surface area contributed by atoms with E-state index in [1.54, 1.807) is 36.7 Å². The first-order valence-corrected chi connectivity index (χ1v) is 7.72. The number of carbonyl (C=O) groups excluding carboxylic acids is 1. The van der Waals surface area contributed by atoms with Crippen molar-refractivity contribution >= 4 is 23.5 Å². The summed E-state index contributed by atoms with van der Waals surface area (Å²) < 4.78 is 0. The molecular formula is C19H13N3O5. The molecule has 8 heteroatoms. The highest BCUT2D eigenvalue weighted by molar-refractivity contribution is 6.06. The Hall–Kier alpha value is -4.07. The number of amides is 1. The number of carboxylic acid groups (broad SMARTS) is 2. The number of carboxylic acids is 2. The SMILES string of the molecule is O=C(O)c1cc(NC(=O)c2ccc(-c3cncnc3)cc2)cc(C(=O)O)c1. The summed E-state index contributed by atoms with van der Waals surface area (Å²) in [4.78, 5) is 42.5. The first-order valence-electron chi connectivity index (χ1n) is 7.72. The van der Waals surface area contributed by atoms with Gasteiger partial charge in [0, 0.05) is 29.2 Å². The van der Waals surface area contributed by atoms with E-state index in [0.717, 1.165) is 17.2 Å². The van der Waals surface area contributed by atoms with Crippen LogP contribution in [0.4, 0.5) is 5.69 Å². The molecule has 27 heavy (non-hydrogen) atoms. The lowest BCUT2D eigenvalue weighted by Gasteiger charge is -2.08. The van der Waals surface area contributed by atoms with E-state index < -0.39 is 17.8 Å². The summed E-state index contributed by atoms with van der Waals surface area (Å²) in [5.41, 5.74) is 1.57. The molecule has 0 aliphatic carbocycles. The molecule has 0 fully saturated rings. The molecule has 0 aliphatic heterocycles. The largest absolute Gasteiger partial charge is 0.478 e. The Kier molecular flexibility index (Phi) is 4.89. The minimum atomic E-state index is -1.29. The van der Waals surface area contributed by atoms with Gasteiger partial charge in [0.1, 0.15) is 6.33 Å². The third-order valence-corrected chi connectivity index (χ3v) is 3.73. The number of nitrogens with zero attached hydrogens (tertiary/aromatic N) is 2. The molecule has 3 aromatic rings. The van der Waals surface area contributed by atoms with Gasteiger partial charge >= 0.3 is 11.9 Å². The van der Waals surface area contributed by atoms with Crippen LogP contribution in [0.25, 0.3) is 11.1 Å². The standard InChI is InChI=1S/C19H13N3O5/c23-17(12-3-1-11(2-4-12)15-8-20-10-21-9-15)22-16-6-13(18(24)25)5-14(7-16)19(26)27/h1-10H,(H,22,23)(H,24,25)(H,26,27). The Labute approximate surface area is 153 Å². The Balaban J connectivity index is 1.83. The Morgan fingerprint density at radius 1 is 0.741 bits per heavy atom. The molecule has 1 amide bonds. The van der Waals surface area contributed by atoms with Crippen LogP contribution in [-0.4, -0.2) is 38.0 Å². The number of benzene rings is 2. The minimum Gasteiger partial charge on any atom is -0.478 e. The molecular weight excluding hydrogens is 350 g/mol. The van der Waals surface area contributed by atoms with Crippen molar-refractivity contribution in [1.82, 2.24) is 9.97 Å². The van der Waals surface area contributed by atoms with Crippen molar-refractivity contribution in [2.24, 2.45) is 0 Å². The molecule has 0 spiro atoms. The van der Waals surface area contributed by atoms with Crippen molar-refractivity contribution in [2.45, 2.75) is 0 Å². The summed E-state index contributed by atoms with van der Waals surface area (Å²) in [5.74, 6) is -3.07. The van der Waals surface area contributed by atoms with Crippen LogP contribution < -0.4 is 5.32 Å². The summed E-state index contributed by atoms with van der Waals surface area (Å²) in [5, 5.41) is 20.7. The number of hydrogen-bond acceptors (Lipinski definition) is 5. The van der Waals surface area contributed by atoms with Gasteiger partial charge in [0.15, 0.2) is 0 Å². The summed E-state index contributed by atoms with van der Waals surface area (Å²) in [7, 11) is 0. The maximum Gasteiger partial charge on any atom is 0.335 e. The molecule has 0 bridgehead atoms. The highest BCUT2D eigenvalue weighted by Crippen LogP contribution is 2.20. The van der Waals surface area contributed by atoms with E-state index in [4.69, 9.17) is 10.2 Å². The summed E-state index contributed by atoms with van der Waals surface area (Å²) in [6, 6.07) is 10.1. The average Bonchev–Trinajstić information content (AvgIpc) is 2.68. The van der Waals surface area contributed by atoms with Crippen LogP contribution in [0, 0.1) is 0 Å². The number of aromatic nitrogens is 2. The smallest absolute Gasteiger partial charge is 0.335 e. The Bertz CT molecular complexity index is 985. The first kappa shape index (κ1) is 17.7. The molecule has 0 aliphatic rings. The van der Waals surface area contributed by atoms with Gasteiger partial charge in [-0.1, -0.05) is 12.1 Å². The summed E-state index contributed by atoms with van der Waals surface area (Å²) in [6.45, 7) is 0. The number of aromatic carboxylic acids is 2. The van der Waals surface area contributed by atoms with Crippen molar-refractivity contribution < 1.29 is 24.6 Å². The molecule has 3 N–H and O–H groups in total. The van der Waals surface area contributed by atoms with Crippen molar-refractivity contribution in [3.63, 3.8) is 0 Å². The van der Waals surface area contributed by atoms with Crippen LogP contribution in [0.2, 0.25) is 0 Å². The zero-order valence-electron chi connectivity index (χ0n) is 13.8. The van der Waals surface area contributed by atoms with Crippen molar-refractivity contribution in [3.8, 4) is 11.1 Å². The number of carbonyl (C=O) groups is 3. The van der Waals surface area contributed by atoms with Crippen molar-refractivity contribution in [1.29, 1.82) is 0 Å². The van der Waals surface area contributed by atoms with Crippen LogP contribution in [0.5, 0.6) is 0 Å². The maximum absolute atomic E-state index is 12.4. The second-order valence-electron chi connectivity index (χ2n) is 5.57. The van der Waals surface area contributed by atoms with Gasteiger partial charge < -0.3 is 15.5 Å². The molecule has 0 unspecified atom stereocenters. The van der Waals surface area contributed by atoms with E-state index in [1.165, 1.54) is 18.5 Å². The molecule has 0 saturated heterocycles. The second kappa shape index (κ2) is 7.44. The molecule has 3 rings (SSSR count). The lowest BCUT2D eigenvalue weighted by Crippen LogP contribution is -2.13. The number of nitrogens with one attached hydrogen (secondary N) is 1. The maximum atomic E-state index is 12.4. The van der Waals surface area contributed by atoms with Gasteiger partial charge in [-0.25, -0.2) is 19.6 Å². The molecule has 0 atom stereocenters. The lowest BCUT2D eigenvalue weighted by molar-refractivity contribution is 0.0696. The number of hydrogen-bond donors (Lipinski definition) is 3. The molecule has 0 radical (unpaired) electrons.